The lowest BCUT2D eigenvalue weighted by Gasteiger charge is -2.35. The molecule has 1 atom stereocenters. The van der Waals surface area contributed by atoms with Crippen molar-refractivity contribution in [2.45, 2.75) is 38.4 Å². The van der Waals surface area contributed by atoms with Gasteiger partial charge in [-0.05, 0) is 24.1 Å². The lowest BCUT2D eigenvalue weighted by Crippen LogP contribution is -2.45. The van der Waals surface area contributed by atoms with Gasteiger partial charge in [-0.15, -0.1) is 12.4 Å². The standard InChI is InChI=1S/C16H22ClF3N2.ClH/c1-2-3-4-15(22-9-7-21-8-10-22)12-5-6-13(14(17)11-12)16(18,19)20;/h5-6,11,15,21H,2-4,7-10H2,1H3;1H/t15-;/m1./s1. The molecule has 0 aromatic heterocycles. The van der Waals surface area contributed by atoms with Crippen molar-refractivity contribution in [1.82, 2.24) is 10.2 Å². The van der Waals surface area contributed by atoms with Crippen LogP contribution in [0.1, 0.15) is 43.4 Å². The third-order valence-corrected chi connectivity index (χ3v) is 4.42. The summed E-state index contributed by atoms with van der Waals surface area (Å²) in [4.78, 5) is 2.34. The van der Waals surface area contributed by atoms with E-state index in [0.717, 1.165) is 57.1 Å². The van der Waals surface area contributed by atoms with Gasteiger partial charge in [0.05, 0.1) is 10.6 Å². The Kier molecular flexibility index (Phi) is 8.14. The van der Waals surface area contributed by atoms with E-state index < -0.39 is 11.7 Å². The first-order valence-corrected chi connectivity index (χ1v) is 8.12. The van der Waals surface area contributed by atoms with Gasteiger partial charge in [0.1, 0.15) is 0 Å². The minimum absolute atomic E-state index is 0. The molecule has 1 aliphatic heterocycles. The normalized spacial score (nSPS) is 17.6. The molecule has 132 valence electrons. The first kappa shape index (κ1) is 20.6. The van der Waals surface area contributed by atoms with E-state index in [2.05, 4.69) is 17.1 Å². The molecule has 2 rings (SSSR count). The fourth-order valence-corrected chi connectivity index (χ4v) is 3.22. The van der Waals surface area contributed by atoms with E-state index in [1.165, 1.54) is 6.07 Å². The quantitative estimate of drug-likeness (QED) is 0.791. The van der Waals surface area contributed by atoms with Crippen LogP contribution in [0.25, 0.3) is 0 Å². The summed E-state index contributed by atoms with van der Waals surface area (Å²) < 4.78 is 38.5. The number of alkyl halides is 3. The van der Waals surface area contributed by atoms with Crippen LogP contribution in [0.15, 0.2) is 18.2 Å². The van der Waals surface area contributed by atoms with E-state index in [4.69, 9.17) is 11.6 Å². The molecule has 0 unspecified atom stereocenters. The van der Waals surface area contributed by atoms with Gasteiger partial charge in [-0.1, -0.05) is 37.4 Å². The Morgan fingerprint density at radius 2 is 1.91 bits per heavy atom. The molecule has 1 aromatic carbocycles. The zero-order valence-electron chi connectivity index (χ0n) is 13.1. The highest BCUT2D eigenvalue weighted by Crippen LogP contribution is 2.37. The summed E-state index contributed by atoms with van der Waals surface area (Å²) in [7, 11) is 0. The topological polar surface area (TPSA) is 15.3 Å². The van der Waals surface area contributed by atoms with Gasteiger partial charge < -0.3 is 5.32 Å². The van der Waals surface area contributed by atoms with E-state index in [0.29, 0.717) is 0 Å². The van der Waals surface area contributed by atoms with E-state index in [1.54, 1.807) is 6.07 Å². The molecule has 23 heavy (non-hydrogen) atoms. The number of nitrogens with one attached hydrogen (secondary N) is 1. The minimum Gasteiger partial charge on any atom is -0.314 e. The zero-order chi connectivity index (χ0) is 16.2. The molecule has 1 aliphatic rings. The van der Waals surface area contributed by atoms with E-state index in [9.17, 15) is 13.2 Å². The average molecular weight is 371 g/mol. The van der Waals surface area contributed by atoms with E-state index in [-0.39, 0.29) is 23.5 Å². The van der Waals surface area contributed by atoms with Crippen LogP contribution in [0.2, 0.25) is 5.02 Å². The van der Waals surface area contributed by atoms with Crippen LogP contribution in [0.3, 0.4) is 0 Å². The molecule has 1 aromatic rings. The van der Waals surface area contributed by atoms with E-state index >= 15 is 0 Å². The van der Waals surface area contributed by atoms with Crippen LogP contribution in [-0.2, 0) is 6.18 Å². The van der Waals surface area contributed by atoms with Gasteiger partial charge in [0, 0.05) is 32.2 Å². The van der Waals surface area contributed by atoms with Gasteiger partial charge in [0.2, 0.25) is 0 Å². The predicted molar refractivity (Wildman–Crippen MR) is 90.4 cm³/mol. The number of piperazine rings is 1. The van der Waals surface area contributed by atoms with Gasteiger partial charge in [0.25, 0.3) is 0 Å². The molecule has 0 spiro atoms. The van der Waals surface area contributed by atoms with Crippen molar-refractivity contribution in [2.75, 3.05) is 26.2 Å². The van der Waals surface area contributed by atoms with Gasteiger partial charge in [-0.2, -0.15) is 13.2 Å². The first-order valence-electron chi connectivity index (χ1n) is 7.75. The molecule has 0 amide bonds. The van der Waals surface area contributed by atoms with Crippen molar-refractivity contribution < 1.29 is 13.2 Å². The highest BCUT2D eigenvalue weighted by Gasteiger charge is 2.33. The molecule has 0 aliphatic carbocycles. The largest absolute Gasteiger partial charge is 0.417 e. The molecule has 2 nitrogen and oxygen atoms in total. The lowest BCUT2D eigenvalue weighted by molar-refractivity contribution is -0.137. The third-order valence-electron chi connectivity index (χ3n) is 4.11. The molecule has 1 N–H and O–H groups in total. The molecule has 0 saturated carbocycles. The third kappa shape index (κ3) is 5.52. The second-order valence-electron chi connectivity index (χ2n) is 5.68. The number of benzene rings is 1. The fourth-order valence-electron chi connectivity index (χ4n) is 2.92. The van der Waals surface area contributed by atoms with Gasteiger partial charge in [-0.3, -0.25) is 4.90 Å². The summed E-state index contributed by atoms with van der Waals surface area (Å²) in [5.74, 6) is 0. The Bertz CT molecular complexity index is 489. The highest BCUT2D eigenvalue weighted by molar-refractivity contribution is 6.31. The average Bonchev–Trinajstić information content (AvgIpc) is 2.47. The monoisotopic (exact) mass is 370 g/mol. The molecular weight excluding hydrogens is 348 g/mol. The summed E-state index contributed by atoms with van der Waals surface area (Å²) >= 11 is 5.88. The Morgan fingerprint density at radius 3 is 2.43 bits per heavy atom. The van der Waals surface area contributed by atoms with E-state index in [1.807, 2.05) is 0 Å². The van der Waals surface area contributed by atoms with Crippen molar-refractivity contribution in [3.05, 3.63) is 34.3 Å². The van der Waals surface area contributed by atoms with Crippen LogP contribution in [0, 0.1) is 0 Å². The van der Waals surface area contributed by atoms with Crippen molar-refractivity contribution in [3.8, 4) is 0 Å². The van der Waals surface area contributed by atoms with Crippen molar-refractivity contribution >= 4 is 24.0 Å². The van der Waals surface area contributed by atoms with Gasteiger partial charge >= 0.3 is 6.18 Å². The maximum absolute atomic E-state index is 12.8. The summed E-state index contributed by atoms with van der Waals surface area (Å²) in [5.41, 5.74) is 0.126. The summed E-state index contributed by atoms with van der Waals surface area (Å²) in [6.45, 7) is 5.77. The minimum atomic E-state index is -4.40. The van der Waals surface area contributed by atoms with Crippen LogP contribution in [-0.4, -0.2) is 31.1 Å². The molecule has 1 saturated heterocycles. The van der Waals surface area contributed by atoms with Crippen molar-refractivity contribution in [1.29, 1.82) is 0 Å². The summed E-state index contributed by atoms with van der Waals surface area (Å²) in [6.07, 6.45) is -1.34. The number of rotatable bonds is 5. The lowest BCUT2D eigenvalue weighted by atomic mass is 9.97. The van der Waals surface area contributed by atoms with Crippen molar-refractivity contribution in [3.63, 3.8) is 0 Å². The Balaban J connectivity index is 0.00000264. The molecule has 1 heterocycles. The number of hydrogen-bond donors (Lipinski definition) is 1. The van der Waals surface area contributed by atoms with Crippen LogP contribution >= 0.6 is 24.0 Å². The molecule has 7 heteroatoms. The predicted octanol–water partition coefficient (Wildman–Crippen LogP) is 4.92. The maximum Gasteiger partial charge on any atom is 0.417 e. The number of hydrogen-bond acceptors (Lipinski definition) is 2. The fraction of sp³-hybridized carbons (Fsp3) is 0.625. The summed E-state index contributed by atoms with van der Waals surface area (Å²) in [5, 5.41) is 3.09. The Labute approximate surface area is 146 Å². The Morgan fingerprint density at radius 1 is 1.26 bits per heavy atom. The second kappa shape index (κ2) is 9.11. The second-order valence-corrected chi connectivity index (χ2v) is 6.09. The summed E-state index contributed by atoms with van der Waals surface area (Å²) in [6, 6.07) is 4.32. The molecule has 0 radical (unpaired) electrons. The van der Waals surface area contributed by atoms with Crippen LogP contribution in [0.5, 0.6) is 0 Å². The van der Waals surface area contributed by atoms with Crippen LogP contribution in [0.4, 0.5) is 13.2 Å². The maximum atomic E-state index is 12.8. The van der Waals surface area contributed by atoms with Gasteiger partial charge in [0.15, 0.2) is 0 Å². The van der Waals surface area contributed by atoms with Gasteiger partial charge in [-0.25, -0.2) is 0 Å². The zero-order valence-corrected chi connectivity index (χ0v) is 14.7. The SMILES string of the molecule is CCCC[C@H](c1ccc(C(F)(F)F)c(Cl)c1)N1CCNCC1.Cl. The van der Waals surface area contributed by atoms with Crippen LogP contribution < -0.4 is 5.32 Å². The smallest absolute Gasteiger partial charge is 0.314 e. The Hall–Kier alpha value is -0.490. The van der Waals surface area contributed by atoms with Crippen molar-refractivity contribution in [2.24, 2.45) is 0 Å². The first-order chi connectivity index (χ1) is 10.4. The highest BCUT2D eigenvalue weighted by atomic mass is 35.5. The number of nitrogens with zero attached hydrogens (tertiary/aromatic N) is 1. The molecule has 0 bridgehead atoms. The number of unbranched alkanes of at least 4 members (excludes halogenated alkanes) is 1. The molecule has 1 fully saturated rings. The molecular formula is C16H23Cl2F3N2. The number of halogens is 5.